The molecule has 1 aliphatic rings. The maximum absolute atomic E-state index is 10.7. The molecule has 0 bridgehead atoms. The van der Waals surface area contributed by atoms with Gasteiger partial charge in [0, 0.05) is 12.8 Å². The van der Waals surface area contributed by atoms with Crippen LogP contribution in [0.25, 0.3) is 0 Å². The van der Waals surface area contributed by atoms with Crippen LogP contribution in [-0.4, -0.2) is 49.1 Å². The van der Waals surface area contributed by atoms with Crippen molar-refractivity contribution in [2.75, 3.05) is 26.2 Å². The van der Waals surface area contributed by atoms with Gasteiger partial charge < -0.3 is 9.04 Å². The molecule has 1 aliphatic heterocycles. The molecule has 8 heteroatoms. The molecule has 1 heterocycles. The zero-order chi connectivity index (χ0) is 20.8. The molecule has 0 atom stereocenters. The molecule has 164 valence electrons. The van der Waals surface area contributed by atoms with E-state index < -0.39 is 15.6 Å². The van der Waals surface area contributed by atoms with Gasteiger partial charge in [-0.1, -0.05) is 52.4 Å². The molecule has 4 nitrogen and oxygen atoms in total. The van der Waals surface area contributed by atoms with Crippen molar-refractivity contribution in [3.63, 3.8) is 0 Å². The Morgan fingerprint density at radius 3 is 1.52 bits per heavy atom. The van der Waals surface area contributed by atoms with E-state index >= 15 is 0 Å². The lowest BCUT2D eigenvalue weighted by Gasteiger charge is -2.34. The van der Waals surface area contributed by atoms with E-state index in [4.69, 9.17) is 13.0 Å². The summed E-state index contributed by atoms with van der Waals surface area (Å²) in [5.74, 6) is 0. The number of hydrogen-bond acceptors (Lipinski definition) is 3. The van der Waals surface area contributed by atoms with Gasteiger partial charge >= 0.3 is 5.51 Å². The van der Waals surface area contributed by atoms with Gasteiger partial charge in [-0.2, -0.15) is 13.2 Å². The van der Waals surface area contributed by atoms with Crippen molar-refractivity contribution < 1.29 is 30.6 Å². The highest BCUT2D eigenvalue weighted by Gasteiger charge is 2.37. The summed E-state index contributed by atoms with van der Waals surface area (Å²) >= 11 is 0. The number of nitrogens with zero attached hydrogens (tertiary/aromatic N) is 1. The Balaban J connectivity index is 0.000000713. The third-order valence-electron chi connectivity index (χ3n) is 5.27. The van der Waals surface area contributed by atoms with Gasteiger partial charge in [0.25, 0.3) is 0 Å². The van der Waals surface area contributed by atoms with Crippen molar-refractivity contribution in [2.45, 2.75) is 96.4 Å². The van der Waals surface area contributed by atoms with Crippen LogP contribution in [0.3, 0.4) is 0 Å². The molecule has 0 unspecified atom stereocenters. The zero-order valence-corrected chi connectivity index (χ0v) is 17.8. The molecule has 1 rings (SSSR count). The summed E-state index contributed by atoms with van der Waals surface area (Å²) in [5.41, 5.74) is -5.65. The van der Waals surface area contributed by atoms with Crippen LogP contribution in [0, 0.1) is 0 Å². The second-order valence-corrected chi connectivity index (χ2v) is 9.04. The molecule has 0 spiro atoms. The first-order chi connectivity index (χ1) is 12.6. The van der Waals surface area contributed by atoms with Gasteiger partial charge in [0.1, 0.15) is 0 Å². The standard InChI is InChI=1S/C18H38N.CHF3O3S/c1-3-5-7-8-9-10-12-16-19(15-11-6-4-2)17-13-14-18-19;2-1(3,4)8(5,6)7/h3-18H2,1-2H3;(H,5,6,7)/q+1;/p-1. The van der Waals surface area contributed by atoms with Crippen LogP contribution in [0.5, 0.6) is 0 Å². The predicted octanol–water partition coefficient (Wildman–Crippen LogP) is 5.59. The summed E-state index contributed by atoms with van der Waals surface area (Å²) in [6.07, 6.45) is 17.5. The fraction of sp³-hybridized carbons (Fsp3) is 1.00. The van der Waals surface area contributed by atoms with Crippen LogP contribution in [0.15, 0.2) is 0 Å². The summed E-state index contributed by atoms with van der Waals surface area (Å²) in [6, 6.07) is 0. The highest BCUT2D eigenvalue weighted by molar-refractivity contribution is 7.86. The van der Waals surface area contributed by atoms with Crippen molar-refractivity contribution >= 4 is 10.1 Å². The van der Waals surface area contributed by atoms with Crippen LogP contribution >= 0.6 is 0 Å². The normalized spacial score (nSPS) is 16.8. The van der Waals surface area contributed by atoms with E-state index in [1.54, 1.807) is 0 Å². The molecule has 1 fully saturated rings. The molecule has 27 heavy (non-hydrogen) atoms. The Bertz CT molecular complexity index is 461. The van der Waals surface area contributed by atoms with Crippen LogP contribution < -0.4 is 0 Å². The molecular formula is C19H38F3NO3S. The molecule has 1 saturated heterocycles. The number of likely N-dealkylation sites (tertiary alicyclic amines) is 1. The monoisotopic (exact) mass is 417 g/mol. The van der Waals surface area contributed by atoms with Crippen molar-refractivity contribution in [3.8, 4) is 0 Å². The molecule has 0 aromatic rings. The minimum Gasteiger partial charge on any atom is -0.741 e. The Morgan fingerprint density at radius 2 is 1.11 bits per heavy atom. The quantitative estimate of drug-likeness (QED) is 0.180. The molecule has 0 radical (unpaired) electrons. The van der Waals surface area contributed by atoms with Crippen LogP contribution in [-0.2, 0) is 10.1 Å². The van der Waals surface area contributed by atoms with Crippen LogP contribution in [0.1, 0.15) is 90.9 Å². The van der Waals surface area contributed by atoms with Crippen LogP contribution in [0.2, 0.25) is 0 Å². The Morgan fingerprint density at radius 1 is 0.778 bits per heavy atom. The SMILES string of the molecule is CCCCCCCCC[N+]1(CCCCC)CCCC1.O=S(=O)([O-])C(F)(F)F. The molecule has 0 saturated carbocycles. The summed E-state index contributed by atoms with van der Waals surface area (Å²) in [5, 5.41) is 0. The second-order valence-electron chi connectivity index (χ2n) is 7.67. The maximum atomic E-state index is 10.7. The fourth-order valence-electron chi connectivity index (χ4n) is 3.67. The topological polar surface area (TPSA) is 57.2 Å². The smallest absolute Gasteiger partial charge is 0.485 e. The number of unbranched alkanes of at least 4 members (excludes halogenated alkanes) is 8. The van der Waals surface area contributed by atoms with Gasteiger partial charge in [-0.3, -0.25) is 0 Å². The molecule has 0 N–H and O–H groups in total. The minimum atomic E-state index is -6.09. The lowest BCUT2D eigenvalue weighted by molar-refractivity contribution is -0.917. The van der Waals surface area contributed by atoms with E-state index in [2.05, 4.69) is 13.8 Å². The van der Waals surface area contributed by atoms with E-state index in [1.165, 1.54) is 108 Å². The minimum absolute atomic E-state index is 1.37. The van der Waals surface area contributed by atoms with Crippen LogP contribution in [0.4, 0.5) is 13.2 Å². The average molecular weight is 418 g/mol. The van der Waals surface area contributed by atoms with Gasteiger partial charge in [-0.25, -0.2) is 8.42 Å². The Kier molecular flexibility index (Phi) is 13.6. The molecular weight excluding hydrogens is 379 g/mol. The highest BCUT2D eigenvalue weighted by Crippen LogP contribution is 2.23. The van der Waals surface area contributed by atoms with Gasteiger partial charge in [0.05, 0.1) is 26.2 Å². The second kappa shape index (κ2) is 13.8. The Labute approximate surface area is 163 Å². The molecule has 0 aromatic carbocycles. The first kappa shape index (κ1) is 26.7. The average Bonchev–Trinajstić information content (AvgIpc) is 3.02. The number of hydrogen-bond donors (Lipinski definition) is 0. The first-order valence-corrected chi connectivity index (χ1v) is 11.9. The number of alkyl halides is 3. The molecule has 0 aromatic heterocycles. The first-order valence-electron chi connectivity index (χ1n) is 10.5. The van der Waals surface area contributed by atoms with E-state index in [1.807, 2.05) is 0 Å². The van der Waals surface area contributed by atoms with Crippen molar-refractivity contribution in [1.82, 2.24) is 0 Å². The van der Waals surface area contributed by atoms with Crippen molar-refractivity contribution in [2.24, 2.45) is 0 Å². The van der Waals surface area contributed by atoms with Gasteiger partial charge in [-0.15, -0.1) is 0 Å². The third kappa shape index (κ3) is 12.7. The molecule has 0 aliphatic carbocycles. The Hall–Kier alpha value is -0.340. The van der Waals surface area contributed by atoms with E-state index in [9.17, 15) is 13.2 Å². The van der Waals surface area contributed by atoms with E-state index in [0.29, 0.717) is 0 Å². The van der Waals surface area contributed by atoms with Gasteiger partial charge in [-0.05, 0) is 25.7 Å². The van der Waals surface area contributed by atoms with Crippen molar-refractivity contribution in [1.29, 1.82) is 0 Å². The highest BCUT2D eigenvalue weighted by atomic mass is 32.2. The van der Waals surface area contributed by atoms with E-state index in [-0.39, 0.29) is 0 Å². The molecule has 0 amide bonds. The van der Waals surface area contributed by atoms with Crippen molar-refractivity contribution in [3.05, 3.63) is 0 Å². The lowest BCUT2D eigenvalue weighted by Crippen LogP contribution is -2.46. The summed E-state index contributed by atoms with van der Waals surface area (Å²) in [7, 11) is -6.09. The maximum Gasteiger partial charge on any atom is 0.485 e. The fourth-order valence-corrected chi connectivity index (χ4v) is 3.67. The van der Waals surface area contributed by atoms with E-state index in [0.717, 1.165) is 0 Å². The number of rotatable bonds is 12. The number of quaternary nitrogens is 1. The predicted molar refractivity (Wildman–Crippen MR) is 102 cm³/mol. The van der Waals surface area contributed by atoms with Gasteiger partial charge in [0.2, 0.25) is 0 Å². The zero-order valence-electron chi connectivity index (χ0n) is 17.0. The summed E-state index contributed by atoms with van der Waals surface area (Å²) < 4.78 is 60.4. The van der Waals surface area contributed by atoms with Gasteiger partial charge in [0.15, 0.2) is 10.1 Å². The third-order valence-corrected chi connectivity index (χ3v) is 5.84. The largest absolute Gasteiger partial charge is 0.741 e. The lowest BCUT2D eigenvalue weighted by atomic mass is 10.1. The summed E-state index contributed by atoms with van der Waals surface area (Å²) in [4.78, 5) is 0. The summed E-state index contributed by atoms with van der Waals surface area (Å²) in [6.45, 7) is 10.6. The number of halogens is 3.